The van der Waals surface area contributed by atoms with Crippen LogP contribution in [-0.2, 0) is 28.6 Å². The van der Waals surface area contributed by atoms with E-state index in [1.165, 1.54) is 295 Å². The van der Waals surface area contributed by atoms with Gasteiger partial charge in [0.25, 0.3) is 0 Å². The maximum atomic E-state index is 12.9. The zero-order valence-electron chi connectivity index (χ0n) is 55.5. The molecule has 6 heteroatoms. The zero-order valence-corrected chi connectivity index (χ0v) is 55.5. The van der Waals surface area contributed by atoms with Crippen molar-refractivity contribution >= 4 is 17.9 Å². The van der Waals surface area contributed by atoms with Crippen molar-refractivity contribution in [2.45, 2.75) is 419 Å². The molecule has 482 valence electrons. The van der Waals surface area contributed by atoms with E-state index >= 15 is 0 Å². The molecule has 0 bridgehead atoms. The van der Waals surface area contributed by atoms with Crippen molar-refractivity contribution in [3.8, 4) is 0 Å². The minimum atomic E-state index is -0.773. The lowest BCUT2D eigenvalue weighted by molar-refractivity contribution is -0.167. The van der Waals surface area contributed by atoms with Crippen molar-refractivity contribution < 1.29 is 28.6 Å². The fourth-order valence-electron chi connectivity index (χ4n) is 11.3. The maximum absolute atomic E-state index is 12.9. The molecule has 0 saturated carbocycles. The van der Waals surface area contributed by atoms with Crippen LogP contribution in [0.1, 0.15) is 412 Å². The van der Waals surface area contributed by atoms with Crippen molar-refractivity contribution in [2.24, 2.45) is 0 Å². The summed E-state index contributed by atoms with van der Waals surface area (Å²) in [7, 11) is 0. The van der Waals surface area contributed by atoms with Crippen LogP contribution in [-0.4, -0.2) is 37.2 Å². The molecule has 1 atom stereocenters. The second-order valence-electron chi connectivity index (χ2n) is 25.2. The van der Waals surface area contributed by atoms with Crippen LogP contribution in [0.25, 0.3) is 0 Å². The molecule has 0 N–H and O–H groups in total. The van der Waals surface area contributed by atoms with Gasteiger partial charge in [-0.3, -0.25) is 14.4 Å². The minimum Gasteiger partial charge on any atom is -0.462 e. The Morgan fingerprint density at radius 1 is 0.244 bits per heavy atom. The van der Waals surface area contributed by atoms with Crippen LogP contribution in [0.2, 0.25) is 0 Å². The Morgan fingerprint density at radius 2 is 0.439 bits per heavy atom. The van der Waals surface area contributed by atoms with Gasteiger partial charge in [0.2, 0.25) is 0 Å². The van der Waals surface area contributed by atoms with Crippen LogP contribution in [0, 0.1) is 0 Å². The summed E-state index contributed by atoms with van der Waals surface area (Å²) in [6.45, 7) is 6.68. The predicted octanol–water partition coefficient (Wildman–Crippen LogP) is 25.5. The Kier molecular flexibility index (Phi) is 69.1. The summed E-state index contributed by atoms with van der Waals surface area (Å²) in [5.41, 5.74) is 0. The lowest BCUT2D eigenvalue weighted by atomic mass is 10.0. The van der Waals surface area contributed by atoms with Gasteiger partial charge in [0.15, 0.2) is 6.10 Å². The molecule has 82 heavy (non-hydrogen) atoms. The Labute approximate surface area is 512 Å². The normalized spacial score (nSPS) is 12.2. The smallest absolute Gasteiger partial charge is 0.306 e. The number of allylic oxidation sites excluding steroid dienone is 6. The number of ether oxygens (including phenoxy) is 3. The van der Waals surface area contributed by atoms with Crippen molar-refractivity contribution in [2.75, 3.05) is 13.2 Å². The van der Waals surface area contributed by atoms with Gasteiger partial charge in [0.1, 0.15) is 13.2 Å². The highest BCUT2D eigenvalue weighted by Gasteiger charge is 2.20. The number of carbonyl (C=O) groups is 3. The predicted molar refractivity (Wildman–Crippen MR) is 358 cm³/mol. The first-order valence-corrected chi connectivity index (χ1v) is 37.0. The lowest BCUT2D eigenvalue weighted by Gasteiger charge is -2.18. The Morgan fingerprint density at radius 3 is 0.683 bits per heavy atom. The average molecular weight is 1150 g/mol. The molecule has 0 aromatic heterocycles. The summed E-state index contributed by atoms with van der Waals surface area (Å²) in [6.07, 6.45) is 89.3. The van der Waals surface area contributed by atoms with Crippen molar-refractivity contribution in [3.63, 3.8) is 0 Å². The van der Waals surface area contributed by atoms with Gasteiger partial charge in [-0.15, -0.1) is 0 Å². The van der Waals surface area contributed by atoms with Gasteiger partial charge in [0.05, 0.1) is 0 Å². The molecule has 0 aliphatic rings. The SMILES string of the molecule is CCCCCCC/C=C\C/C=C\C/C=C\CCCCCCCCCCC(=O)OC(COC(=O)CCCCCCCCCCC)COC(=O)CCCCCCCCCCCCCCCCCCCCCCCCCCCCCCCCCC. The van der Waals surface area contributed by atoms with Gasteiger partial charge >= 0.3 is 17.9 Å². The lowest BCUT2D eigenvalue weighted by Crippen LogP contribution is -2.30. The third-order valence-corrected chi connectivity index (χ3v) is 16.9. The van der Waals surface area contributed by atoms with E-state index in [4.69, 9.17) is 14.2 Å². The second kappa shape index (κ2) is 71.1. The fourth-order valence-corrected chi connectivity index (χ4v) is 11.3. The number of unbranched alkanes of at least 4 members (excludes halogenated alkanes) is 52. The van der Waals surface area contributed by atoms with Crippen LogP contribution in [0.15, 0.2) is 36.5 Å². The molecule has 0 amide bonds. The number of esters is 3. The van der Waals surface area contributed by atoms with Gasteiger partial charge in [-0.25, -0.2) is 0 Å². The molecule has 6 nitrogen and oxygen atoms in total. The first-order chi connectivity index (χ1) is 40.5. The average Bonchev–Trinajstić information content (AvgIpc) is 3.48. The summed E-state index contributed by atoms with van der Waals surface area (Å²) in [5.74, 6) is -0.853. The second-order valence-corrected chi connectivity index (χ2v) is 25.2. The van der Waals surface area contributed by atoms with Gasteiger partial charge in [-0.2, -0.15) is 0 Å². The molecule has 0 aromatic carbocycles. The summed E-state index contributed by atoms with van der Waals surface area (Å²) in [5, 5.41) is 0. The molecule has 0 saturated heterocycles. The molecule has 1 unspecified atom stereocenters. The Balaban J connectivity index is 4.06. The molecular formula is C76H142O6. The Bertz CT molecular complexity index is 1370. The molecule has 0 aliphatic carbocycles. The third-order valence-electron chi connectivity index (χ3n) is 16.9. The summed E-state index contributed by atoms with van der Waals surface area (Å²) >= 11 is 0. The molecule has 0 rings (SSSR count). The first-order valence-electron chi connectivity index (χ1n) is 37.0. The van der Waals surface area contributed by atoms with E-state index in [9.17, 15) is 14.4 Å². The molecule has 0 heterocycles. The number of hydrogen-bond donors (Lipinski definition) is 0. The van der Waals surface area contributed by atoms with Gasteiger partial charge in [-0.05, 0) is 57.8 Å². The number of carbonyl (C=O) groups excluding carboxylic acids is 3. The van der Waals surface area contributed by atoms with E-state index in [2.05, 4.69) is 57.2 Å². The van der Waals surface area contributed by atoms with Crippen molar-refractivity contribution in [1.29, 1.82) is 0 Å². The van der Waals surface area contributed by atoms with E-state index in [0.29, 0.717) is 19.3 Å². The van der Waals surface area contributed by atoms with Crippen LogP contribution >= 0.6 is 0 Å². The van der Waals surface area contributed by atoms with Gasteiger partial charge < -0.3 is 14.2 Å². The highest BCUT2D eigenvalue weighted by atomic mass is 16.6. The third kappa shape index (κ3) is 68.4. The molecule has 0 aliphatic heterocycles. The van der Waals surface area contributed by atoms with E-state index in [0.717, 1.165) is 77.0 Å². The number of hydrogen-bond acceptors (Lipinski definition) is 6. The highest BCUT2D eigenvalue weighted by Crippen LogP contribution is 2.19. The standard InChI is InChI=1S/C76H142O6/c1-4-7-10-13-16-19-21-23-25-27-29-31-33-34-35-36-37-38-39-40-41-43-44-46-48-50-52-54-57-60-63-66-69-75(78)81-72-73(71-80-74(77)68-65-62-59-56-18-15-12-9-6-3)82-76(79)70-67-64-61-58-55-53-51-49-47-45-42-32-30-28-26-24-22-20-17-14-11-8-5-2/h22,24,28,30,42,45,73H,4-21,23,25-27,29,31-41,43-44,46-72H2,1-3H3/b24-22-,30-28-,45-42-. The monoisotopic (exact) mass is 1150 g/mol. The largest absolute Gasteiger partial charge is 0.462 e. The molecule has 0 fully saturated rings. The molecule has 0 aromatic rings. The Hall–Kier alpha value is -2.37. The topological polar surface area (TPSA) is 78.9 Å². The quantitative estimate of drug-likeness (QED) is 0.0261. The summed E-state index contributed by atoms with van der Waals surface area (Å²) in [4.78, 5) is 38.3. The summed E-state index contributed by atoms with van der Waals surface area (Å²) < 4.78 is 16.9. The van der Waals surface area contributed by atoms with Crippen LogP contribution in [0.5, 0.6) is 0 Å². The van der Waals surface area contributed by atoms with Gasteiger partial charge in [-0.1, -0.05) is 372 Å². The van der Waals surface area contributed by atoms with Gasteiger partial charge in [0, 0.05) is 19.3 Å². The van der Waals surface area contributed by atoms with Crippen LogP contribution in [0.3, 0.4) is 0 Å². The van der Waals surface area contributed by atoms with E-state index in [1.54, 1.807) is 0 Å². The fraction of sp³-hybridized carbons (Fsp3) is 0.882. The molecule has 0 radical (unpaired) electrons. The first kappa shape index (κ1) is 79.6. The van der Waals surface area contributed by atoms with Crippen LogP contribution in [0.4, 0.5) is 0 Å². The summed E-state index contributed by atoms with van der Waals surface area (Å²) in [6, 6.07) is 0. The molecular weight excluding hydrogens is 1010 g/mol. The molecule has 0 spiro atoms. The maximum Gasteiger partial charge on any atom is 0.306 e. The highest BCUT2D eigenvalue weighted by molar-refractivity contribution is 5.71. The van der Waals surface area contributed by atoms with Crippen molar-refractivity contribution in [3.05, 3.63) is 36.5 Å². The van der Waals surface area contributed by atoms with Crippen molar-refractivity contribution in [1.82, 2.24) is 0 Å². The van der Waals surface area contributed by atoms with E-state index < -0.39 is 6.10 Å². The van der Waals surface area contributed by atoms with Crippen LogP contribution < -0.4 is 0 Å². The zero-order chi connectivity index (χ0) is 59.2. The van der Waals surface area contributed by atoms with E-state index in [-0.39, 0.29) is 31.1 Å². The minimum absolute atomic E-state index is 0.0699. The van der Waals surface area contributed by atoms with E-state index in [1.807, 2.05) is 0 Å². The number of rotatable bonds is 69.